The number of amides is 1. The lowest BCUT2D eigenvalue weighted by Crippen LogP contribution is -2.30. The number of hydrogen-bond acceptors (Lipinski definition) is 2. The summed E-state index contributed by atoms with van der Waals surface area (Å²) in [6, 6.07) is 4.76. The third kappa shape index (κ3) is 1.50. The van der Waals surface area contributed by atoms with Gasteiger partial charge in [0.05, 0.1) is 6.42 Å². The van der Waals surface area contributed by atoms with Gasteiger partial charge in [0.15, 0.2) is 0 Å². The van der Waals surface area contributed by atoms with Gasteiger partial charge in [-0.3, -0.25) is 4.79 Å². The van der Waals surface area contributed by atoms with E-state index >= 15 is 0 Å². The lowest BCUT2D eigenvalue weighted by atomic mass is 10.1. The van der Waals surface area contributed by atoms with Gasteiger partial charge in [-0.2, -0.15) is 0 Å². The highest BCUT2D eigenvalue weighted by molar-refractivity contribution is 6.01. The molecule has 3 nitrogen and oxygen atoms in total. The maximum absolute atomic E-state index is 13.0. The lowest BCUT2D eigenvalue weighted by molar-refractivity contribution is -0.117. The van der Waals surface area contributed by atoms with Crippen LogP contribution in [0, 0.1) is 11.7 Å². The van der Waals surface area contributed by atoms with E-state index in [1.165, 1.54) is 12.1 Å². The summed E-state index contributed by atoms with van der Waals surface area (Å²) >= 11 is 0. The van der Waals surface area contributed by atoms with Gasteiger partial charge in [-0.05, 0) is 36.1 Å². The Bertz CT molecular complexity index is 460. The Hall–Kier alpha value is -1.42. The summed E-state index contributed by atoms with van der Waals surface area (Å²) in [5.74, 6) is 0.191. The average Bonchev–Trinajstić information content (AvgIpc) is 2.82. The summed E-state index contributed by atoms with van der Waals surface area (Å²) in [4.78, 5) is 13.5. The minimum atomic E-state index is -0.281. The fourth-order valence-electron chi connectivity index (χ4n) is 2.27. The molecule has 0 saturated heterocycles. The number of carbonyl (C=O) groups is 1. The molecule has 1 aromatic carbocycles. The summed E-state index contributed by atoms with van der Waals surface area (Å²) in [6.45, 7) is 0.679. The number of nitrogens with zero attached hydrogens (tertiary/aromatic N) is 1. The summed E-state index contributed by atoms with van der Waals surface area (Å²) < 4.78 is 13.0. The largest absolute Gasteiger partial charge is 0.327 e. The second-order valence-electron chi connectivity index (χ2n) is 4.61. The minimum Gasteiger partial charge on any atom is -0.327 e. The predicted octanol–water partition coefficient (Wildman–Crippen LogP) is 1.06. The zero-order valence-corrected chi connectivity index (χ0v) is 8.82. The third-order valence-electron chi connectivity index (χ3n) is 3.37. The highest BCUT2D eigenvalue weighted by Crippen LogP contribution is 2.35. The van der Waals surface area contributed by atoms with Gasteiger partial charge < -0.3 is 10.6 Å². The van der Waals surface area contributed by atoms with Crippen molar-refractivity contribution in [3.8, 4) is 0 Å². The zero-order chi connectivity index (χ0) is 11.3. The van der Waals surface area contributed by atoms with Crippen LogP contribution in [0.25, 0.3) is 0 Å². The van der Waals surface area contributed by atoms with E-state index in [4.69, 9.17) is 5.73 Å². The maximum Gasteiger partial charge on any atom is 0.231 e. The van der Waals surface area contributed by atoms with E-state index in [2.05, 4.69) is 0 Å². The summed E-state index contributed by atoms with van der Waals surface area (Å²) in [7, 11) is 0. The SMILES string of the molecule is N[C@H]1C[C@H]1CN1C(=O)Cc2cc(F)ccc21. The lowest BCUT2D eigenvalue weighted by Gasteiger charge is -2.17. The fourth-order valence-corrected chi connectivity index (χ4v) is 2.27. The molecule has 0 aromatic heterocycles. The number of fused-ring (bicyclic) bond motifs is 1. The van der Waals surface area contributed by atoms with Gasteiger partial charge in [-0.15, -0.1) is 0 Å². The average molecular weight is 220 g/mol. The Balaban J connectivity index is 1.87. The first-order valence-electron chi connectivity index (χ1n) is 5.49. The molecule has 1 heterocycles. The molecule has 1 amide bonds. The van der Waals surface area contributed by atoms with Gasteiger partial charge in [0.1, 0.15) is 5.82 Å². The minimum absolute atomic E-state index is 0.0553. The molecular formula is C12H13FN2O. The molecule has 1 fully saturated rings. The van der Waals surface area contributed by atoms with Gasteiger partial charge in [0.25, 0.3) is 0 Å². The van der Waals surface area contributed by atoms with E-state index in [-0.39, 0.29) is 17.8 Å². The molecular weight excluding hydrogens is 207 g/mol. The normalized spacial score (nSPS) is 27.1. The van der Waals surface area contributed by atoms with Crippen molar-refractivity contribution in [3.63, 3.8) is 0 Å². The first-order valence-corrected chi connectivity index (χ1v) is 5.49. The van der Waals surface area contributed by atoms with Crippen molar-refractivity contribution < 1.29 is 9.18 Å². The summed E-state index contributed by atoms with van der Waals surface area (Å²) in [5.41, 5.74) is 7.38. The van der Waals surface area contributed by atoms with Crippen LogP contribution in [0.15, 0.2) is 18.2 Å². The van der Waals surface area contributed by atoms with E-state index in [1.54, 1.807) is 11.0 Å². The van der Waals surface area contributed by atoms with Crippen LogP contribution in [0.2, 0.25) is 0 Å². The van der Waals surface area contributed by atoms with Crippen molar-refractivity contribution in [1.29, 1.82) is 0 Å². The van der Waals surface area contributed by atoms with Crippen molar-refractivity contribution in [3.05, 3.63) is 29.6 Å². The van der Waals surface area contributed by atoms with E-state index in [1.807, 2.05) is 0 Å². The molecule has 1 aliphatic heterocycles. The van der Waals surface area contributed by atoms with E-state index in [9.17, 15) is 9.18 Å². The number of benzene rings is 1. The highest BCUT2D eigenvalue weighted by atomic mass is 19.1. The highest BCUT2D eigenvalue weighted by Gasteiger charge is 2.38. The van der Waals surface area contributed by atoms with Crippen LogP contribution >= 0.6 is 0 Å². The van der Waals surface area contributed by atoms with Gasteiger partial charge in [-0.1, -0.05) is 0 Å². The molecule has 0 radical (unpaired) electrons. The van der Waals surface area contributed by atoms with Crippen LogP contribution < -0.4 is 10.6 Å². The number of nitrogens with two attached hydrogens (primary N) is 1. The van der Waals surface area contributed by atoms with E-state index in [0.29, 0.717) is 18.9 Å². The Morgan fingerprint density at radius 3 is 2.94 bits per heavy atom. The molecule has 16 heavy (non-hydrogen) atoms. The molecule has 2 N–H and O–H groups in total. The predicted molar refractivity (Wildman–Crippen MR) is 58.5 cm³/mol. The molecule has 0 bridgehead atoms. The number of halogens is 1. The fraction of sp³-hybridized carbons (Fsp3) is 0.417. The van der Waals surface area contributed by atoms with Crippen molar-refractivity contribution in [1.82, 2.24) is 0 Å². The second-order valence-corrected chi connectivity index (χ2v) is 4.61. The van der Waals surface area contributed by atoms with Crippen molar-refractivity contribution in [2.45, 2.75) is 18.9 Å². The number of hydrogen-bond donors (Lipinski definition) is 1. The van der Waals surface area contributed by atoms with Crippen LogP contribution in [0.3, 0.4) is 0 Å². The quantitative estimate of drug-likeness (QED) is 0.810. The van der Waals surface area contributed by atoms with Crippen molar-refractivity contribution in [2.75, 3.05) is 11.4 Å². The van der Waals surface area contributed by atoms with E-state index in [0.717, 1.165) is 17.7 Å². The molecule has 3 rings (SSSR count). The molecule has 4 heteroatoms. The van der Waals surface area contributed by atoms with Crippen LogP contribution in [-0.2, 0) is 11.2 Å². The Morgan fingerprint density at radius 2 is 2.25 bits per heavy atom. The molecule has 0 unspecified atom stereocenters. The molecule has 1 aliphatic carbocycles. The smallest absolute Gasteiger partial charge is 0.231 e. The first kappa shape index (κ1) is 9.78. The molecule has 84 valence electrons. The Morgan fingerprint density at radius 1 is 1.50 bits per heavy atom. The van der Waals surface area contributed by atoms with Gasteiger partial charge in [-0.25, -0.2) is 4.39 Å². The molecule has 1 aromatic rings. The Labute approximate surface area is 93.0 Å². The Kier molecular flexibility index (Phi) is 2.01. The maximum atomic E-state index is 13.0. The zero-order valence-electron chi connectivity index (χ0n) is 8.82. The third-order valence-corrected chi connectivity index (χ3v) is 3.37. The van der Waals surface area contributed by atoms with E-state index < -0.39 is 0 Å². The van der Waals surface area contributed by atoms with Crippen molar-refractivity contribution in [2.24, 2.45) is 11.7 Å². The molecule has 1 saturated carbocycles. The van der Waals surface area contributed by atoms with Gasteiger partial charge in [0.2, 0.25) is 5.91 Å². The van der Waals surface area contributed by atoms with Crippen LogP contribution in [-0.4, -0.2) is 18.5 Å². The van der Waals surface area contributed by atoms with Crippen molar-refractivity contribution >= 4 is 11.6 Å². The molecule has 2 aliphatic rings. The molecule has 0 spiro atoms. The number of rotatable bonds is 2. The van der Waals surface area contributed by atoms with Gasteiger partial charge in [0, 0.05) is 18.3 Å². The topological polar surface area (TPSA) is 46.3 Å². The number of carbonyl (C=O) groups excluding carboxylic acids is 1. The van der Waals surface area contributed by atoms with Crippen LogP contribution in [0.4, 0.5) is 10.1 Å². The van der Waals surface area contributed by atoms with Crippen LogP contribution in [0.5, 0.6) is 0 Å². The second kappa shape index (κ2) is 3.28. The molecule has 2 atom stereocenters. The number of anilines is 1. The van der Waals surface area contributed by atoms with Gasteiger partial charge >= 0.3 is 0 Å². The first-order chi connectivity index (χ1) is 7.65. The summed E-state index contributed by atoms with van der Waals surface area (Å²) in [5, 5.41) is 0. The standard InChI is InChI=1S/C12H13FN2O/c13-9-1-2-11-7(3-9)5-12(16)15(11)6-8-4-10(8)14/h1-3,8,10H,4-6,14H2/t8-,10-/m0/s1. The van der Waals surface area contributed by atoms with Crippen LogP contribution in [0.1, 0.15) is 12.0 Å². The summed E-state index contributed by atoms with van der Waals surface area (Å²) in [6.07, 6.45) is 1.30. The monoisotopic (exact) mass is 220 g/mol.